The summed E-state index contributed by atoms with van der Waals surface area (Å²) in [5.74, 6) is 1.63. The zero-order valence-electron chi connectivity index (χ0n) is 11.6. The molecule has 2 unspecified atom stereocenters. The SMILES string of the molecule is CC1CCCC(CCNCc2ccc(Br)cc2F)C1. The van der Waals surface area contributed by atoms with Gasteiger partial charge in [-0.25, -0.2) is 4.39 Å². The van der Waals surface area contributed by atoms with E-state index in [0.29, 0.717) is 6.54 Å². The van der Waals surface area contributed by atoms with Crippen LogP contribution < -0.4 is 5.32 Å². The standard InChI is InChI=1S/C16H23BrFN/c1-12-3-2-4-13(9-12)7-8-19-11-14-5-6-15(17)10-16(14)18/h5-6,10,12-13,19H,2-4,7-9,11H2,1H3. The third-order valence-corrected chi connectivity index (χ3v) is 4.60. The summed E-state index contributed by atoms with van der Waals surface area (Å²) in [4.78, 5) is 0. The Balaban J connectivity index is 1.69. The fourth-order valence-electron chi connectivity index (χ4n) is 3.02. The van der Waals surface area contributed by atoms with Crippen LogP contribution >= 0.6 is 15.9 Å². The molecule has 0 aromatic heterocycles. The number of nitrogens with one attached hydrogen (secondary N) is 1. The fraction of sp³-hybridized carbons (Fsp3) is 0.625. The van der Waals surface area contributed by atoms with Crippen LogP contribution in [-0.4, -0.2) is 6.54 Å². The van der Waals surface area contributed by atoms with Crippen molar-refractivity contribution in [3.8, 4) is 0 Å². The largest absolute Gasteiger partial charge is 0.313 e. The molecule has 1 aromatic rings. The minimum Gasteiger partial charge on any atom is -0.313 e. The molecule has 0 heterocycles. The first-order valence-electron chi connectivity index (χ1n) is 7.30. The van der Waals surface area contributed by atoms with Gasteiger partial charge < -0.3 is 5.32 Å². The third kappa shape index (κ3) is 4.88. The molecule has 1 nitrogen and oxygen atoms in total. The van der Waals surface area contributed by atoms with Gasteiger partial charge in [0.15, 0.2) is 0 Å². The van der Waals surface area contributed by atoms with Gasteiger partial charge in [-0.1, -0.05) is 48.2 Å². The average molecular weight is 328 g/mol. The lowest BCUT2D eigenvalue weighted by Gasteiger charge is -2.26. The summed E-state index contributed by atoms with van der Waals surface area (Å²) in [6, 6.07) is 5.26. The second-order valence-corrected chi connectivity index (χ2v) is 6.75. The highest BCUT2D eigenvalue weighted by Crippen LogP contribution is 2.30. The summed E-state index contributed by atoms with van der Waals surface area (Å²) < 4.78 is 14.4. The first-order chi connectivity index (χ1) is 9.15. The van der Waals surface area contributed by atoms with E-state index in [1.807, 2.05) is 12.1 Å². The molecular weight excluding hydrogens is 305 g/mol. The van der Waals surface area contributed by atoms with Crippen LogP contribution in [0.4, 0.5) is 4.39 Å². The minimum atomic E-state index is -0.131. The molecule has 0 saturated heterocycles. The van der Waals surface area contributed by atoms with Crippen LogP contribution in [-0.2, 0) is 6.54 Å². The van der Waals surface area contributed by atoms with Crippen molar-refractivity contribution in [1.29, 1.82) is 0 Å². The van der Waals surface area contributed by atoms with Crippen molar-refractivity contribution in [3.63, 3.8) is 0 Å². The minimum absolute atomic E-state index is 0.131. The Morgan fingerprint density at radius 3 is 2.95 bits per heavy atom. The van der Waals surface area contributed by atoms with Crippen molar-refractivity contribution in [2.24, 2.45) is 11.8 Å². The average Bonchev–Trinajstić information content (AvgIpc) is 2.37. The van der Waals surface area contributed by atoms with E-state index in [0.717, 1.165) is 28.4 Å². The Morgan fingerprint density at radius 2 is 2.21 bits per heavy atom. The number of hydrogen-bond acceptors (Lipinski definition) is 1. The Bertz CT molecular complexity index is 408. The van der Waals surface area contributed by atoms with Gasteiger partial charge in [-0.2, -0.15) is 0 Å². The van der Waals surface area contributed by atoms with E-state index in [1.165, 1.54) is 38.2 Å². The van der Waals surface area contributed by atoms with Gasteiger partial charge in [-0.05, 0) is 43.4 Å². The summed E-state index contributed by atoms with van der Waals surface area (Å²) in [6.45, 7) is 3.98. The van der Waals surface area contributed by atoms with E-state index >= 15 is 0 Å². The van der Waals surface area contributed by atoms with E-state index in [2.05, 4.69) is 28.2 Å². The predicted molar refractivity (Wildman–Crippen MR) is 81.5 cm³/mol. The first-order valence-corrected chi connectivity index (χ1v) is 8.09. The smallest absolute Gasteiger partial charge is 0.128 e. The summed E-state index contributed by atoms with van der Waals surface area (Å²) in [6.07, 6.45) is 6.75. The molecule has 2 atom stereocenters. The Kier molecular flexibility index (Phi) is 5.83. The van der Waals surface area contributed by atoms with Crippen molar-refractivity contribution >= 4 is 15.9 Å². The van der Waals surface area contributed by atoms with Crippen LogP contribution in [0.1, 0.15) is 44.6 Å². The zero-order chi connectivity index (χ0) is 13.7. The summed E-state index contributed by atoms with van der Waals surface area (Å²) in [5.41, 5.74) is 0.750. The van der Waals surface area contributed by atoms with Crippen molar-refractivity contribution in [2.75, 3.05) is 6.54 Å². The van der Waals surface area contributed by atoms with Gasteiger partial charge in [0.25, 0.3) is 0 Å². The third-order valence-electron chi connectivity index (χ3n) is 4.10. The van der Waals surface area contributed by atoms with Crippen molar-refractivity contribution in [2.45, 2.75) is 45.6 Å². The molecule has 106 valence electrons. The molecule has 1 aliphatic rings. The van der Waals surface area contributed by atoms with E-state index in [4.69, 9.17) is 0 Å². The van der Waals surface area contributed by atoms with Gasteiger partial charge in [-0.3, -0.25) is 0 Å². The van der Waals surface area contributed by atoms with Crippen molar-refractivity contribution in [1.82, 2.24) is 5.32 Å². The van der Waals surface area contributed by atoms with Gasteiger partial charge in [-0.15, -0.1) is 0 Å². The van der Waals surface area contributed by atoms with Gasteiger partial charge in [0.05, 0.1) is 0 Å². The Morgan fingerprint density at radius 1 is 1.37 bits per heavy atom. The molecule has 1 aromatic carbocycles. The highest BCUT2D eigenvalue weighted by atomic mass is 79.9. The lowest BCUT2D eigenvalue weighted by molar-refractivity contribution is 0.267. The fourth-order valence-corrected chi connectivity index (χ4v) is 3.35. The highest BCUT2D eigenvalue weighted by molar-refractivity contribution is 9.10. The lowest BCUT2D eigenvalue weighted by Crippen LogP contribution is -2.21. The second-order valence-electron chi connectivity index (χ2n) is 5.84. The van der Waals surface area contributed by atoms with Gasteiger partial charge >= 0.3 is 0 Å². The van der Waals surface area contributed by atoms with Gasteiger partial charge in [0, 0.05) is 16.6 Å². The van der Waals surface area contributed by atoms with Crippen LogP contribution in [0.25, 0.3) is 0 Å². The molecule has 0 amide bonds. The molecule has 0 bridgehead atoms. The van der Waals surface area contributed by atoms with Crippen molar-refractivity contribution < 1.29 is 4.39 Å². The van der Waals surface area contributed by atoms with E-state index in [1.54, 1.807) is 0 Å². The van der Waals surface area contributed by atoms with Crippen LogP contribution in [0, 0.1) is 17.7 Å². The quantitative estimate of drug-likeness (QED) is 0.759. The molecule has 1 aliphatic carbocycles. The van der Waals surface area contributed by atoms with E-state index < -0.39 is 0 Å². The molecule has 19 heavy (non-hydrogen) atoms. The number of hydrogen-bond donors (Lipinski definition) is 1. The predicted octanol–water partition coefficient (Wildman–Crippen LogP) is 4.89. The number of benzene rings is 1. The summed E-state index contributed by atoms with van der Waals surface area (Å²) >= 11 is 3.28. The molecule has 0 spiro atoms. The molecule has 3 heteroatoms. The number of halogens is 2. The molecule has 0 radical (unpaired) electrons. The van der Waals surface area contributed by atoms with E-state index in [-0.39, 0.29) is 5.82 Å². The van der Waals surface area contributed by atoms with Crippen LogP contribution in [0.15, 0.2) is 22.7 Å². The lowest BCUT2D eigenvalue weighted by atomic mass is 9.81. The van der Waals surface area contributed by atoms with Gasteiger partial charge in [0.1, 0.15) is 5.82 Å². The van der Waals surface area contributed by atoms with E-state index in [9.17, 15) is 4.39 Å². The Labute approximate surface area is 124 Å². The number of rotatable bonds is 5. The molecule has 2 rings (SSSR count). The molecule has 1 fully saturated rings. The summed E-state index contributed by atoms with van der Waals surface area (Å²) in [7, 11) is 0. The topological polar surface area (TPSA) is 12.0 Å². The zero-order valence-corrected chi connectivity index (χ0v) is 13.2. The van der Waals surface area contributed by atoms with Crippen molar-refractivity contribution in [3.05, 3.63) is 34.1 Å². The van der Waals surface area contributed by atoms with Crippen LogP contribution in [0.3, 0.4) is 0 Å². The Hall–Kier alpha value is -0.410. The van der Waals surface area contributed by atoms with Crippen LogP contribution in [0.5, 0.6) is 0 Å². The van der Waals surface area contributed by atoms with Crippen LogP contribution in [0.2, 0.25) is 0 Å². The maximum Gasteiger partial charge on any atom is 0.128 e. The summed E-state index contributed by atoms with van der Waals surface area (Å²) in [5, 5.41) is 3.37. The maximum atomic E-state index is 13.6. The second kappa shape index (κ2) is 7.39. The molecule has 0 aliphatic heterocycles. The first kappa shape index (κ1) is 15.0. The molecule has 1 N–H and O–H groups in total. The monoisotopic (exact) mass is 327 g/mol. The highest BCUT2D eigenvalue weighted by Gasteiger charge is 2.18. The van der Waals surface area contributed by atoms with Gasteiger partial charge in [0.2, 0.25) is 0 Å². The molecule has 1 saturated carbocycles. The molecular formula is C16H23BrFN. The maximum absolute atomic E-state index is 13.6. The normalized spacial score (nSPS) is 23.5.